The fourth-order valence-corrected chi connectivity index (χ4v) is 3.20. The van der Waals surface area contributed by atoms with Gasteiger partial charge in [-0.3, -0.25) is 0 Å². The Morgan fingerprint density at radius 3 is 3.17 bits per heavy atom. The first kappa shape index (κ1) is 13.6. The lowest BCUT2D eigenvalue weighted by molar-refractivity contribution is 0.268. The molecule has 0 saturated carbocycles. The van der Waals surface area contributed by atoms with Crippen LogP contribution in [0.1, 0.15) is 25.5 Å². The third-order valence-electron chi connectivity index (χ3n) is 3.23. The van der Waals surface area contributed by atoms with E-state index in [-0.39, 0.29) is 12.6 Å². The molecule has 1 unspecified atom stereocenters. The van der Waals surface area contributed by atoms with E-state index in [4.69, 9.17) is 0 Å². The van der Waals surface area contributed by atoms with E-state index in [1.807, 2.05) is 11.8 Å². The highest BCUT2D eigenvalue weighted by Crippen LogP contribution is 2.22. The molecule has 1 N–H and O–H groups in total. The Balaban J connectivity index is 2.10. The van der Waals surface area contributed by atoms with Crippen molar-refractivity contribution in [3.05, 3.63) is 18.1 Å². The van der Waals surface area contributed by atoms with E-state index in [0.717, 1.165) is 42.4 Å². The number of unbranched alkanes of at least 4 members (excludes halogenated alkanes) is 1. The molecule has 1 atom stereocenters. The first-order chi connectivity index (χ1) is 8.85. The van der Waals surface area contributed by atoms with Crippen molar-refractivity contribution in [1.29, 1.82) is 0 Å². The average molecular weight is 267 g/mol. The molecular formula is C13H21N3OS. The molecule has 0 aliphatic carbocycles. The fraction of sp³-hybridized carbons (Fsp3) is 0.692. The molecule has 1 aromatic rings. The smallest absolute Gasteiger partial charge is 0.132 e. The Hall–Kier alpha value is -0.810. The normalized spacial score (nSPS) is 20.1. The van der Waals surface area contributed by atoms with E-state index in [2.05, 4.69) is 27.9 Å². The Morgan fingerprint density at radius 2 is 2.39 bits per heavy atom. The van der Waals surface area contributed by atoms with E-state index in [1.54, 1.807) is 6.33 Å². The molecule has 2 rings (SSSR count). The Kier molecular flexibility index (Phi) is 5.26. The second kappa shape index (κ2) is 6.95. The summed E-state index contributed by atoms with van der Waals surface area (Å²) in [5, 5.41) is 9.44. The minimum atomic E-state index is 0.192. The molecule has 1 fully saturated rings. The summed E-state index contributed by atoms with van der Waals surface area (Å²) in [5.74, 6) is 3.05. The summed E-state index contributed by atoms with van der Waals surface area (Å²) in [6, 6.07) is 2.27. The van der Waals surface area contributed by atoms with Crippen LogP contribution in [0.4, 0.5) is 5.82 Å². The molecule has 0 aromatic carbocycles. The number of rotatable bonds is 5. The summed E-state index contributed by atoms with van der Waals surface area (Å²) >= 11 is 1.90. The number of hydrogen-bond acceptors (Lipinski definition) is 5. The maximum absolute atomic E-state index is 9.44. The first-order valence-electron chi connectivity index (χ1n) is 6.61. The van der Waals surface area contributed by atoms with Crippen LogP contribution in [0.15, 0.2) is 12.4 Å². The van der Waals surface area contributed by atoms with Gasteiger partial charge in [0.2, 0.25) is 0 Å². The van der Waals surface area contributed by atoms with Crippen molar-refractivity contribution in [1.82, 2.24) is 9.97 Å². The molecule has 1 aromatic heterocycles. The van der Waals surface area contributed by atoms with Crippen molar-refractivity contribution in [3.63, 3.8) is 0 Å². The standard InChI is InChI=1S/C13H21N3OS/c1-2-3-4-11-7-13(15-10-14-11)16-5-6-18-9-12(16)8-17/h7,10,12,17H,2-6,8-9H2,1H3. The van der Waals surface area contributed by atoms with Gasteiger partial charge in [0.05, 0.1) is 12.6 Å². The van der Waals surface area contributed by atoms with Gasteiger partial charge in [-0.25, -0.2) is 9.97 Å². The number of aliphatic hydroxyl groups is 1. The second-order valence-corrected chi connectivity index (χ2v) is 5.73. The molecule has 0 spiro atoms. The van der Waals surface area contributed by atoms with Crippen molar-refractivity contribution >= 4 is 17.6 Å². The highest BCUT2D eigenvalue weighted by atomic mass is 32.2. The minimum absolute atomic E-state index is 0.192. The first-order valence-corrected chi connectivity index (χ1v) is 7.76. The van der Waals surface area contributed by atoms with Gasteiger partial charge < -0.3 is 10.0 Å². The van der Waals surface area contributed by atoms with Gasteiger partial charge in [-0.1, -0.05) is 13.3 Å². The van der Waals surface area contributed by atoms with Gasteiger partial charge in [-0.05, 0) is 12.8 Å². The van der Waals surface area contributed by atoms with Crippen molar-refractivity contribution < 1.29 is 5.11 Å². The third-order valence-corrected chi connectivity index (χ3v) is 4.32. The molecular weight excluding hydrogens is 246 g/mol. The summed E-state index contributed by atoms with van der Waals surface area (Å²) < 4.78 is 0. The zero-order valence-corrected chi connectivity index (χ0v) is 11.7. The highest BCUT2D eigenvalue weighted by Gasteiger charge is 2.23. The number of hydrogen-bond donors (Lipinski definition) is 1. The molecule has 5 heteroatoms. The monoisotopic (exact) mass is 267 g/mol. The van der Waals surface area contributed by atoms with Crippen LogP contribution in [0.2, 0.25) is 0 Å². The Bertz CT molecular complexity index is 375. The van der Waals surface area contributed by atoms with Gasteiger partial charge in [0.1, 0.15) is 12.1 Å². The number of aromatic nitrogens is 2. The van der Waals surface area contributed by atoms with Crippen LogP contribution in [0, 0.1) is 0 Å². The Labute approximate surface area is 113 Å². The summed E-state index contributed by atoms with van der Waals surface area (Å²) in [7, 11) is 0. The lowest BCUT2D eigenvalue weighted by Gasteiger charge is -2.35. The van der Waals surface area contributed by atoms with Gasteiger partial charge in [0, 0.05) is 29.8 Å². The summed E-state index contributed by atoms with van der Waals surface area (Å²) in [6.45, 7) is 3.34. The van der Waals surface area contributed by atoms with Gasteiger partial charge in [-0.2, -0.15) is 11.8 Å². The maximum atomic E-state index is 9.44. The molecule has 0 amide bonds. The van der Waals surface area contributed by atoms with E-state index in [1.165, 1.54) is 6.42 Å². The molecule has 18 heavy (non-hydrogen) atoms. The highest BCUT2D eigenvalue weighted by molar-refractivity contribution is 7.99. The number of anilines is 1. The van der Waals surface area contributed by atoms with E-state index < -0.39 is 0 Å². The summed E-state index contributed by atoms with van der Waals surface area (Å²) in [6.07, 6.45) is 5.00. The van der Waals surface area contributed by atoms with Crippen LogP contribution in [-0.4, -0.2) is 45.8 Å². The minimum Gasteiger partial charge on any atom is -0.394 e. The predicted octanol–water partition coefficient (Wildman–Crippen LogP) is 1.73. The molecule has 1 aliphatic heterocycles. The van der Waals surface area contributed by atoms with Crippen LogP contribution in [0.25, 0.3) is 0 Å². The van der Waals surface area contributed by atoms with Crippen LogP contribution in [-0.2, 0) is 6.42 Å². The average Bonchev–Trinajstić information content (AvgIpc) is 2.45. The van der Waals surface area contributed by atoms with E-state index in [9.17, 15) is 5.11 Å². The zero-order chi connectivity index (χ0) is 12.8. The molecule has 1 aliphatic rings. The maximum Gasteiger partial charge on any atom is 0.132 e. The van der Waals surface area contributed by atoms with Crippen molar-refractivity contribution in [2.45, 2.75) is 32.2 Å². The molecule has 1 saturated heterocycles. The van der Waals surface area contributed by atoms with Crippen molar-refractivity contribution in [2.24, 2.45) is 0 Å². The van der Waals surface area contributed by atoms with Crippen molar-refractivity contribution in [3.8, 4) is 0 Å². The lowest BCUT2D eigenvalue weighted by Crippen LogP contribution is -2.45. The van der Waals surface area contributed by atoms with Crippen molar-refractivity contribution in [2.75, 3.05) is 29.6 Å². The molecule has 0 bridgehead atoms. The topological polar surface area (TPSA) is 49.2 Å². The van der Waals surface area contributed by atoms with Gasteiger partial charge >= 0.3 is 0 Å². The third kappa shape index (κ3) is 3.36. The molecule has 2 heterocycles. The second-order valence-electron chi connectivity index (χ2n) is 4.58. The van der Waals surface area contributed by atoms with Gasteiger partial charge in [-0.15, -0.1) is 0 Å². The molecule has 0 radical (unpaired) electrons. The van der Waals surface area contributed by atoms with Crippen LogP contribution in [0.5, 0.6) is 0 Å². The van der Waals surface area contributed by atoms with E-state index >= 15 is 0 Å². The lowest BCUT2D eigenvalue weighted by atomic mass is 10.2. The molecule has 100 valence electrons. The number of nitrogens with zero attached hydrogens (tertiary/aromatic N) is 3. The SMILES string of the molecule is CCCCc1cc(N2CCSCC2CO)ncn1. The predicted molar refractivity (Wildman–Crippen MR) is 76.2 cm³/mol. The van der Waals surface area contributed by atoms with Crippen LogP contribution >= 0.6 is 11.8 Å². The van der Waals surface area contributed by atoms with Crippen LogP contribution < -0.4 is 4.90 Å². The fourth-order valence-electron chi connectivity index (χ4n) is 2.15. The quantitative estimate of drug-likeness (QED) is 0.880. The zero-order valence-electron chi connectivity index (χ0n) is 10.9. The summed E-state index contributed by atoms with van der Waals surface area (Å²) in [5.41, 5.74) is 1.11. The number of aliphatic hydroxyl groups excluding tert-OH is 1. The largest absolute Gasteiger partial charge is 0.394 e. The van der Waals surface area contributed by atoms with Gasteiger partial charge in [0.15, 0.2) is 0 Å². The van der Waals surface area contributed by atoms with Crippen LogP contribution in [0.3, 0.4) is 0 Å². The molecule has 4 nitrogen and oxygen atoms in total. The van der Waals surface area contributed by atoms with E-state index in [0.29, 0.717) is 0 Å². The number of thioether (sulfide) groups is 1. The Morgan fingerprint density at radius 1 is 1.50 bits per heavy atom. The summed E-state index contributed by atoms with van der Waals surface area (Å²) in [4.78, 5) is 10.9. The van der Waals surface area contributed by atoms with Gasteiger partial charge in [0.25, 0.3) is 0 Å². The number of aryl methyl sites for hydroxylation is 1.